The van der Waals surface area contributed by atoms with E-state index in [0.717, 1.165) is 0 Å². The zero-order valence-corrected chi connectivity index (χ0v) is 12.0. The first-order valence-electron chi connectivity index (χ1n) is 5.16. The van der Waals surface area contributed by atoms with Gasteiger partial charge in [0.05, 0.1) is 16.2 Å². The number of carbonyl (C=O) groups is 1. The van der Waals surface area contributed by atoms with Crippen LogP contribution in [0.25, 0.3) is 5.69 Å². The molecule has 1 aromatic carbocycles. The summed E-state index contributed by atoms with van der Waals surface area (Å²) in [5, 5.41) is 12.0. The van der Waals surface area contributed by atoms with E-state index < -0.39 is 23.4 Å². The van der Waals surface area contributed by atoms with Gasteiger partial charge in [0.15, 0.2) is 5.69 Å². The molecule has 0 atom stereocenters. The van der Waals surface area contributed by atoms with E-state index in [0.29, 0.717) is 10.9 Å². The van der Waals surface area contributed by atoms with E-state index >= 15 is 0 Å². The largest absolute Gasteiger partial charge is 0.478 e. The van der Waals surface area contributed by atoms with Crippen molar-refractivity contribution in [2.24, 2.45) is 0 Å². The predicted octanol–water partition coefficient (Wildman–Crippen LogP) is 4.55. The molecular formula is C11H4Cl3F3N2O2. The Morgan fingerprint density at radius 3 is 2.14 bits per heavy atom. The van der Waals surface area contributed by atoms with Gasteiger partial charge < -0.3 is 5.11 Å². The number of rotatable bonds is 2. The molecule has 112 valence electrons. The van der Waals surface area contributed by atoms with Gasteiger partial charge in [-0.15, -0.1) is 0 Å². The number of hydrogen-bond acceptors (Lipinski definition) is 2. The Balaban J connectivity index is 2.80. The molecule has 4 nitrogen and oxygen atoms in total. The van der Waals surface area contributed by atoms with E-state index in [1.807, 2.05) is 0 Å². The number of aromatic carboxylic acids is 1. The van der Waals surface area contributed by atoms with E-state index in [2.05, 4.69) is 5.10 Å². The lowest BCUT2D eigenvalue weighted by molar-refractivity contribution is -0.143. The second-order valence-corrected chi connectivity index (χ2v) is 5.09. The van der Waals surface area contributed by atoms with E-state index in [9.17, 15) is 18.0 Å². The number of hydrogen-bond donors (Lipinski definition) is 1. The summed E-state index contributed by atoms with van der Waals surface area (Å²) in [5.41, 5.74) is -2.80. The molecule has 21 heavy (non-hydrogen) atoms. The van der Waals surface area contributed by atoms with E-state index in [-0.39, 0.29) is 20.8 Å². The highest BCUT2D eigenvalue weighted by Crippen LogP contribution is 2.38. The van der Waals surface area contributed by atoms with Crippen molar-refractivity contribution in [3.8, 4) is 5.69 Å². The topological polar surface area (TPSA) is 55.1 Å². The maximum atomic E-state index is 13.1. The summed E-state index contributed by atoms with van der Waals surface area (Å²) in [7, 11) is 0. The molecule has 2 rings (SSSR count). The minimum Gasteiger partial charge on any atom is -0.478 e. The summed E-state index contributed by atoms with van der Waals surface area (Å²) in [6.07, 6.45) is -4.39. The molecule has 1 N–H and O–H groups in total. The van der Waals surface area contributed by atoms with Crippen LogP contribution >= 0.6 is 34.8 Å². The zero-order valence-electron chi connectivity index (χ0n) is 9.75. The van der Waals surface area contributed by atoms with Gasteiger partial charge in [0.2, 0.25) is 0 Å². The monoisotopic (exact) mass is 358 g/mol. The standard InChI is InChI=1S/C11H4Cl3F3N2O2/c12-4-1-6(13)8(7(14)2-4)19-9(11(15,16)17)5(3-18-19)10(20)21/h1-3H,(H,20,21). The van der Waals surface area contributed by atoms with E-state index in [1.54, 1.807) is 0 Å². The molecule has 0 unspecified atom stereocenters. The van der Waals surface area contributed by atoms with Crippen molar-refractivity contribution in [2.75, 3.05) is 0 Å². The lowest BCUT2D eigenvalue weighted by Crippen LogP contribution is -2.17. The van der Waals surface area contributed by atoms with Gasteiger partial charge in [-0.2, -0.15) is 18.3 Å². The van der Waals surface area contributed by atoms with Gasteiger partial charge in [-0.1, -0.05) is 34.8 Å². The van der Waals surface area contributed by atoms with E-state index in [4.69, 9.17) is 39.9 Å². The van der Waals surface area contributed by atoms with Crippen molar-refractivity contribution >= 4 is 40.8 Å². The van der Waals surface area contributed by atoms with Crippen LogP contribution in [0.5, 0.6) is 0 Å². The molecule has 0 aliphatic carbocycles. The maximum absolute atomic E-state index is 13.1. The Hall–Kier alpha value is -1.44. The Morgan fingerprint density at radius 1 is 1.19 bits per heavy atom. The third-order valence-corrected chi connectivity index (χ3v) is 3.26. The summed E-state index contributed by atoms with van der Waals surface area (Å²) in [6, 6.07) is 2.35. The second-order valence-electron chi connectivity index (χ2n) is 3.84. The summed E-state index contributed by atoms with van der Waals surface area (Å²) in [6.45, 7) is 0. The van der Waals surface area contributed by atoms with Crippen LogP contribution in [0.2, 0.25) is 15.1 Å². The number of benzene rings is 1. The normalized spacial score (nSPS) is 11.7. The summed E-state index contributed by atoms with van der Waals surface area (Å²) >= 11 is 17.4. The smallest absolute Gasteiger partial charge is 0.434 e. The fraction of sp³-hybridized carbons (Fsp3) is 0.0909. The summed E-state index contributed by atoms with van der Waals surface area (Å²) in [4.78, 5) is 10.9. The summed E-state index contributed by atoms with van der Waals surface area (Å²) in [5.74, 6) is -1.77. The van der Waals surface area contributed by atoms with Crippen LogP contribution < -0.4 is 0 Å². The molecule has 0 radical (unpaired) electrons. The molecule has 0 saturated carbocycles. The number of alkyl halides is 3. The van der Waals surface area contributed by atoms with Crippen LogP contribution in [0.3, 0.4) is 0 Å². The van der Waals surface area contributed by atoms with Crippen molar-refractivity contribution in [1.29, 1.82) is 0 Å². The molecule has 1 aromatic heterocycles. The molecule has 0 amide bonds. The summed E-state index contributed by atoms with van der Waals surface area (Å²) < 4.78 is 39.6. The predicted molar refractivity (Wildman–Crippen MR) is 70.6 cm³/mol. The van der Waals surface area contributed by atoms with Crippen LogP contribution in [0.1, 0.15) is 16.1 Å². The number of nitrogens with zero attached hydrogens (tertiary/aromatic N) is 2. The van der Waals surface area contributed by atoms with Gasteiger partial charge in [0.1, 0.15) is 11.3 Å². The molecule has 0 saturated heterocycles. The lowest BCUT2D eigenvalue weighted by Gasteiger charge is -2.14. The quantitative estimate of drug-likeness (QED) is 0.856. The van der Waals surface area contributed by atoms with Gasteiger partial charge in [0.25, 0.3) is 0 Å². The fourth-order valence-corrected chi connectivity index (χ4v) is 2.66. The molecule has 0 aliphatic heterocycles. The molecular weight excluding hydrogens is 355 g/mol. The lowest BCUT2D eigenvalue weighted by atomic mass is 10.2. The molecule has 0 aliphatic rings. The Morgan fingerprint density at radius 2 is 1.71 bits per heavy atom. The van der Waals surface area contributed by atoms with Crippen LogP contribution in [0.15, 0.2) is 18.3 Å². The molecule has 0 fully saturated rings. The average Bonchev–Trinajstić information content (AvgIpc) is 2.71. The highest BCUT2D eigenvalue weighted by Gasteiger charge is 2.41. The second kappa shape index (κ2) is 5.40. The third kappa shape index (κ3) is 2.95. The molecule has 1 heterocycles. The van der Waals surface area contributed by atoms with Crippen LogP contribution in [-0.2, 0) is 6.18 Å². The highest BCUT2D eigenvalue weighted by atomic mass is 35.5. The molecule has 0 bridgehead atoms. The van der Waals surface area contributed by atoms with Gasteiger partial charge in [-0.25, -0.2) is 9.48 Å². The maximum Gasteiger partial charge on any atom is 0.434 e. The number of carboxylic acid groups (broad SMARTS) is 1. The first kappa shape index (κ1) is 15.9. The van der Waals surface area contributed by atoms with Gasteiger partial charge >= 0.3 is 12.1 Å². The van der Waals surface area contributed by atoms with Gasteiger partial charge in [0, 0.05) is 5.02 Å². The fourth-order valence-electron chi connectivity index (χ4n) is 1.68. The van der Waals surface area contributed by atoms with Crippen molar-refractivity contribution in [3.63, 3.8) is 0 Å². The minimum atomic E-state index is -4.96. The van der Waals surface area contributed by atoms with Crippen LogP contribution in [0.4, 0.5) is 13.2 Å². The Labute approximate surface area is 130 Å². The van der Waals surface area contributed by atoms with Crippen molar-refractivity contribution in [2.45, 2.75) is 6.18 Å². The Bertz CT molecular complexity index is 705. The van der Waals surface area contributed by atoms with Crippen LogP contribution in [0, 0.1) is 0 Å². The van der Waals surface area contributed by atoms with Crippen molar-refractivity contribution in [3.05, 3.63) is 44.7 Å². The number of carboxylic acids is 1. The first-order valence-corrected chi connectivity index (χ1v) is 6.29. The van der Waals surface area contributed by atoms with Gasteiger partial charge in [-0.3, -0.25) is 0 Å². The minimum absolute atomic E-state index is 0.118. The zero-order chi connectivity index (χ0) is 15.9. The van der Waals surface area contributed by atoms with Crippen LogP contribution in [-0.4, -0.2) is 20.9 Å². The average molecular weight is 360 g/mol. The number of halogens is 6. The molecule has 0 spiro atoms. The third-order valence-electron chi connectivity index (χ3n) is 2.46. The molecule has 10 heteroatoms. The highest BCUT2D eigenvalue weighted by molar-refractivity contribution is 6.40. The Kier molecular flexibility index (Phi) is 4.10. The molecule has 2 aromatic rings. The van der Waals surface area contributed by atoms with Crippen molar-refractivity contribution < 1.29 is 23.1 Å². The SMILES string of the molecule is O=C(O)c1cnn(-c2c(Cl)cc(Cl)cc2Cl)c1C(F)(F)F. The first-order chi connectivity index (χ1) is 9.62. The van der Waals surface area contributed by atoms with E-state index in [1.165, 1.54) is 12.1 Å². The van der Waals surface area contributed by atoms with Crippen molar-refractivity contribution in [1.82, 2.24) is 9.78 Å². The number of aromatic nitrogens is 2. The van der Waals surface area contributed by atoms with Gasteiger partial charge in [-0.05, 0) is 12.1 Å².